The van der Waals surface area contributed by atoms with Gasteiger partial charge in [-0.1, -0.05) is 55.4 Å². The monoisotopic (exact) mass is 1830 g/mol. The van der Waals surface area contributed by atoms with Crippen molar-refractivity contribution >= 4 is 5.84 Å². The summed E-state index contributed by atoms with van der Waals surface area (Å²) in [5, 5.41) is 68.8. The average molecular weight is 1830 g/mol. The molecule has 1 saturated heterocycles. The van der Waals surface area contributed by atoms with Crippen LogP contribution in [0.2, 0.25) is 0 Å². The molecule has 5 heterocycles. The first-order valence-electron chi connectivity index (χ1n) is 54.1. The Hall–Kier alpha value is -3.97. The number of rotatable bonds is 31. The lowest BCUT2D eigenvalue weighted by atomic mass is 9.23. The number of furan rings is 4. The van der Waals surface area contributed by atoms with Gasteiger partial charge in [0.2, 0.25) is 0 Å². The van der Waals surface area contributed by atoms with Crippen molar-refractivity contribution in [2.24, 2.45) is 148 Å². The molecule has 17 aliphatic rings. The van der Waals surface area contributed by atoms with Crippen LogP contribution in [-0.4, -0.2) is 177 Å². The maximum absolute atomic E-state index is 15.4. The topological polar surface area (TPSA) is 303 Å². The molecule has 734 valence electrons. The second kappa shape index (κ2) is 35.3. The smallest absolute Gasteiger partial charge is 0.0937 e. The van der Waals surface area contributed by atoms with Crippen molar-refractivity contribution in [3.63, 3.8) is 0 Å². The van der Waals surface area contributed by atoms with E-state index in [1.165, 1.54) is 35.1 Å². The molecule has 20 heteroatoms. The van der Waals surface area contributed by atoms with Crippen molar-refractivity contribution in [3.8, 4) is 0 Å². The fraction of sp³-hybridized carbons (Fsp3) is 0.848. The number of nitrogens with zero attached hydrogens (tertiary/aromatic N) is 1. The summed E-state index contributed by atoms with van der Waals surface area (Å²) in [6.45, 7) is 30.9. The van der Waals surface area contributed by atoms with Crippen LogP contribution in [0.5, 0.6) is 0 Å². The predicted molar refractivity (Wildman–Crippen MR) is 508 cm³/mol. The third-order valence-corrected chi connectivity index (χ3v) is 47.2. The SMILES string of the molecule is C[C@]12C(CC[C@@H]3[C@H]1CC[C@]1(C)C(c4ccoc4)CC[C@@]31O)CC(OCCC(=N)N)CC2C12CC[C@@H]3[C@@H](CC[C@]4(C)C(c5ccoc5)CC[C@@]34O)[C@@]1(C)C(C13CC[C@@H]4[C@@H](CC[C@]5(C)C(c6ccoc6)CC[C@@]45O)[C@@]1(C)C(C14CC[C@@H]5[C@@H](CC[C@]6(C)C(c7ccoc7)CC[C@@]56O)[C@@]1(C)CCC(OCCOCCN1CCCC1)C4)CC(OCCOCCCN)C3)CC(OCCOCCN)C2. The zero-order valence-corrected chi connectivity index (χ0v) is 82.2. The molecule has 20 nitrogen and oxygen atoms in total. The summed E-state index contributed by atoms with van der Waals surface area (Å²) in [6, 6.07) is 8.79. The number of likely N-dealkylation sites (tertiary alicyclic amines) is 1. The number of fused-ring (bicyclic) bond motifs is 20. The van der Waals surface area contributed by atoms with Crippen LogP contribution in [0, 0.1) is 136 Å². The van der Waals surface area contributed by atoms with Crippen LogP contribution in [-0.2, 0) is 33.2 Å². The maximum atomic E-state index is 15.4. The van der Waals surface area contributed by atoms with E-state index in [-0.39, 0.29) is 152 Å². The number of nitrogens with two attached hydrogens (primary N) is 3. The van der Waals surface area contributed by atoms with Crippen molar-refractivity contribution in [2.45, 2.75) is 363 Å². The van der Waals surface area contributed by atoms with Gasteiger partial charge in [0.25, 0.3) is 0 Å². The van der Waals surface area contributed by atoms with E-state index in [0.29, 0.717) is 85.6 Å². The van der Waals surface area contributed by atoms with Crippen LogP contribution >= 0.6 is 0 Å². The molecule has 16 aliphatic carbocycles. The van der Waals surface area contributed by atoms with Gasteiger partial charge in [-0.2, -0.15) is 0 Å². The van der Waals surface area contributed by atoms with Crippen LogP contribution < -0.4 is 17.2 Å². The van der Waals surface area contributed by atoms with Gasteiger partial charge in [0.1, 0.15) is 0 Å². The molecule has 21 rings (SSSR count). The van der Waals surface area contributed by atoms with E-state index in [1.54, 1.807) is 0 Å². The molecule has 0 bridgehead atoms. The molecule has 0 radical (unpaired) electrons. The molecule has 0 spiro atoms. The largest absolute Gasteiger partial charge is 0.472 e. The third-order valence-electron chi connectivity index (χ3n) is 47.2. The Labute approximate surface area is 789 Å². The minimum Gasteiger partial charge on any atom is -0.472 e. The number of aliphatic hydroxyl groups is 4. The van der Waals surface area contributed by atoms with Crippen molar-refractivity contribution in [1.29, 1.82) is 5.41 Å². The molecule has 0 aromatic carbocycles. The van der Waals surface area contributed by atoms with Crippen LogP contribution in [0.4, 0.5) is 0 Å². The van der Waals surface area contributed by atoms with Crippen LogP contribution in [0.15, 0.2) is 92.0 Å². The zero-order chi connectivity index (χ0) is 91.5. The summed E-state index contributed by atoms with van der Waals surface area (Å²) in [5.74, 6) is 2.05. The summed E-state index contributed by atoms with van der Waals surface area (Å²) < 4.78 is 75.6. The van der Waals surface area contributed by atoms with Crippen molar-refractivity contribution in [3.05, 3.63) is 96.6 Å². The highest BCUT2D eigenvalue weighted by Crippen LogP contribution is 2.89. The van der Waals surface area contributed by atoms with E-state index in [2.05, 4.69) is 84.6 Å². The van der Waals surface area contributed by atoms with Gasteiger partial charge in [0.15, 0.2) is 0 Å². The van der Waals surface area contributed by atoms with Crippen molar-refractivity contribution in [2.75, 3.05) is 98.8 Å². The fourth-order valence-electron chi connectivity index (χ4n) is 41.4. The highest BCUT2D eigenvalue weighted by atomic mass is 16.5. The second-order valence-electron chi connectivity index (χ2n) is 50.0. The molecule has 35 atom stereocenters. The number of nitrogens with one attached hydrogen (secondary N) is 1. The molecule has 0 amide bonds. The summed E-state index contributed by atoms with van der Waals surface area (Å²) in [5.41, 5.74) is 15.9. The summed E-state index contributed by atoms with van der Waals surface area (Å²) in [6.07, 6.45) is 48.7. The molecule has 132 heavy (non-hydrogen) atoms. The molecule has 11 N–H and O–H groups in total. The van der Waals surface area contributed by atoms with Gasteiger partial charge in [-0.05, 0) is 430 Å². The Bertz CT molecular complexity index is 4580. The van der Waals surface area contributed by atoms with Crippen LogP contribution in [0.1, 0.15) is 339 Å². The minimum absolute atomic E-state index is 0.00184. The predicted octanol–water partition coefficient (Wildman–Crippen LogP) is 20.2. The average Bonchev–Trinajstić information content (AvgIpc) is 0.994. The lowest BCUT2D eigenvalue weighted by Gasteiger charge is -2.81. The van der Waals surface area contributed by atoms with E-state index < -0.39 is 54.9 Å². The van der Waals surface area contributed by atoms with Gasteiger partial charge in [-0.3, -0.25) is 5.41 Å². The molecule has 1 aliphatic heterocycles. The standard InChI is InChI=1S/C112H171N5O15/c1-98-31-14-78(130-59-58-124-55-47-117-45-9-10-46-117)66-106(98,36-19-91-86(98)15-32-99(2)82(23-40-110(91,99)119)73-26-49-125-69-73)95-64-80(131-60-56-122-48-11-43-113)68-108(38-21-93-88(104(95,108)7)17-34-101(4)84(25-42-112(93,101)121)75-28-51-127-71-75)96-65-81(132-61-57-123-54-44-114)67-107(37-20-92-89(105(96,107)8)18-35-102(5)85(24-41-111(92,102)120)76-29-52-128-72-76)94-63-79(129-53-30-97(115)116)62-77-12-13-90-87(103(77,94)6)16-33-100(3)83(22-39-109(90,100)118)74-27-50-126-70-74/h26-29,49-52,69-72,77-96,118-121H,9-25,30-48,53-68,113-114H2,1-8H3,(H3,115,116)/t77?,78?,79?,80?,81?,82?,83?,84?,85?,86-,87-,88-,89-,90-,91-,92-,93-,94?,95?,96?,98-,99-,100-,101-,102-,103+,104+,105+,106?,107?,108?,109-,110-,111-,112-/m1/s1. The first-order chi connectivity index (χ1) is 63.5. The Kier molecular flexibility index (Phi) is 25.2. The molecular formula is C112H171N5O15. The van der Waals surface area contributed by atoms with Gasteiger partial charge < -0.3 is 93.4 Å². The quantitative estimate of drug-likeness (QED) is 0.0132. The maximum Gasteiger partial charge on any atom is 0.0937 e. The third kappa shape index (κ3) is 13.8. The summed E-state index contributed by atoms with van der Waals surface area (Å²) >= 11 is 0. The Balaban J connectivity index is 0.788. The van der Waals surface area contributed by atoms with Crippen molar-refractivity contribution < 1.29 is 71.3 Å². The molecule has 15 unspecified atom stereocenters. The number of ether oxygens (including phenoxy) is 7. The Morgan fingerprint density at radius 2 is 0.758 bits per heavy atom. The van der Waals surface area contributed by atoms with E-state index in [0.717, 1.165) is 238 Å². The molecular weight excluding hydrogens is 1660 g/mol. The first kappa shape index (κ1) is 94.3. The number of hydrogen-bond donors (Lipinski definition) is 8. The minimum atomic E-state index is -0.995. The molecule has 17 fully saturated rings. The van der Waals surface area contributed by atoms with Gasteiger partial charge >= 0.3 is 0 Å². The Morgan fingerprint density at radius 3 is 1.22 bits per heavy atom. The lowest BCUT2D eigenvalue weighted by molar-refractivity contribution is -0.355. The molecule has 4 aromatic rings. The van der Waals surface area contributed by atoms with Crippen LogP contribution in [0.25, 0.3) is 0 Å². The van der Waals surface area contributed by atoms with E-state index in [1.807, 2.05) is 50.1 Å². The first-order valence-corrected chi connectivity index (χ1v) is 54.1. The van der Waals surface area contributed by atoms with Gasteiger partial charge in [0.05, 0.1) is 162 Å². The van der Waals surface area contributed by atoms with Gasteiger partial charge in [0, 0.05) is 47.8 Å². The lowest BCUT2D eigenvalue weighted by Crippen LogP contribution is -2.78. The Morgan fingerprint density at radius 1 is 0.371 bits per heavy atom. The van der Waals surface area contributed by atoms with Gasteiger partial charge in [-0.15, -0.1) is 0 Å². The highest BCUT2D eigenvalue weighted by molar-refractivity contribution is 5.76. The molecule has 16 saturated carbocycles. The fourth-order valence-corrected chi connectivity index (χ4v) is 41.4. The normalized spacial score (nSPS) is 49.3. The second-order valence-corrected chi connectivity index (χ2v) is 50.0. The van der Waals surface area contributed by atoms with Crippen molar-refractivity contribution in [1.82, 2.24) is 4.90 Å². The summed E-state index contributed by atoms with van der Waals surface area (Å²) in [4.78, 5) is 2.56. The summed E-state index contributed by atoms with van der Waals surface area (Å²) in [7, 11) is 0. The van der Waals surface area contributed by atoms with Crippen LogP contribution in [0.3, 0.4) is 0 Å². The van der Waals surface area contributed by atoms with Gasteiger partial charge in [-0.25, -0.2) is 0 Å². The zero-order valence-electron chi connectivity index (χ0n) is 82.2. The molecule has 4 aromatic heterocycles. The van der Waals surface area contributed by atoms with E-state index in [9.17, 15) is 10.2 Å². The number of hydrogen-bond acceptors (Lipinski definition) is 19. The van der Waals surface area contributed by atoms with E-state index >= 15 is 10.2 Å². The highest BCUT2D eigenvalue weighted by Gasteiger charge is 2.85. The number of amidine groups is 1. The van der Waals surface area contributed by atoms with E-state index in [4.69, 9.17) is 73.4 Å².